The highest BCUT2D eigenvalue weighted by atomic mass is 127. The smallest absolute Gasteiger partial charge is 0.253 e. The van der Waals surface area contributed by atoms with E-state index in [1.165, 1.54) is 16.8 Å². The Bertz CT molecular complexity index is 998. The molecule has 0 saturated carbocycles. The van der Waals surface area contributed by atoms with Crippen molar-refractivity contribution in [2.75, 3.05) is 50.1 Å². The van der Waals surface area contributed by atoms with Crippen molar-refractivity contribution < 1.29 is 9.53 Å². The van der Waals surface area contributed by atoms with E-state index in [1.54, 1.807) is 0 Å². The van der Waals surface area contributed by atoms with E-state index in [2.05, 4.69) is 63.5 Å². The molecule has 2 saturated heterocycles. The average Bonchev–Trinajstić information content (AvgIpc) is 3.37. The van der Waals surface area contributed by atoms with Gasteiger partial charge in [-0.05, 0) is 61.6 Å². The Kier molecular flexibility index (Phi) is 9.58. The number of nitrogens with one attached hydrogen (secondary N) is 2. The molecule has 2 aliphatic heterocycles. The van der Waals surface area contributed by atoms with E-state index in [4.69, 9.17) is 4.74 Å². The molecule has 2 heterocycles. The van der Waals surface area contributed by atoms with Crippen molar-refractivity contribution in [2.45, 2.75) is 39.3 Å². The van der Waals surface area contributed by atoms with Gasteiger partial charge in [-0.25, -0.2) is 0 Å². The van der Waals surface area contributed by atoms with Crippen molar-refractivity contribution in [3.05, 3.63) is 59.2 Å². The summed E-state index contributed by atoms with van der Waals surface area (Å²) in [5, 5.41) is 6.47. The number of anilines is 2. The predicted molar refractivity (Wildman–Crippen MR) is 149 cm³/mol. The lowest BCUT2D eigenvalue weighted by Crippen LogP contribution is -2.52. The number of carbonyl (C=O) groups excluding carboxylic acids is 1. The number of aryl methyl sites for hydroxylation is 1. The highest BCUT2D eigenvalue weighted by molar-refractivity contribution is 14.0. The molecule has 1 unspecified atom stereocenters. The van der Waals surface area contributed by atoms with Crippen molar-refractivity contribution in [2.24, 2.45) is 4.99 Å². The molecule has 0 radical (unpaired) electrons. The lowest BCUT2D eigenvalue weighted by molar-refractivity contribution is -0.124. The topological polar surface area (TPSA) is 69.2 Å². The Morgan fingerprint density at radius 2 is 1.88 bits per heavy atom. The molecule has 2 fully saturated rings. The minimum absolute atomic E-state index is 0. The van der Waals surface area contributed by atoms with E-state index >= 15 is 0 Å². The minimum Gasteiger partial charge on any atom is -0.368 e. The van der Waals surface area contributed by atoms with E-state index in [1.807, 2.05) is 25.2 Å². The minimum atomic E-state index is -0.326. The lowest BCUT2D eigenvalue weighted by Gasteiger charge is -2.38. The van der Waals surface area contributed by atoms with Crippen LogP contribution in [0.2, 0.25) is 0 Å². The first-order valence-electron chi connectivity index (χ1n) is 11.8. The Morgan fingerprint density at radius 1 is 1.12 bits per heavy atom. The first-order chi connectivity index (χ1) is 16.0. The number of piperazine rings is 1. The number of aliphatic imine (C=N–C) groups is 1. The van der Waals surface area contributed by atoms with Crippen LogP contribution in [0.25, 0.3) is 0 Å². The zero-order chi connectivity index (χ0) is 23.2. The van der Waals surface area contributed by atoms with Gasteiger partial charge in [-0.15, -0.1) is 24.0 Å². The summed E-state index contributed by atoms with van der Waals surface area (Å²) in [6.07, 6.45) is 1.41. The number of halogens is 1. The quantitative estimate of drug-likeness (QED) is 0.320. The highest BCUT2D eigenvalue weighted by Crippen LogP contribution is 2.24. The summed E-state index contributed by atoms with van der Waals surface area (Å²) in [5.74, 6) is 0.847. The van der Waals surface area contributed by atoms with E-state index in [9.17, 15) is 4.79 Å². The van der Waals surface area contributed by atoms with Gasteiger partial charge in [0.25, 0.3) is 5.91 Å². The van der Waals surface area contributed by atoms with Crippen molar-refractivity contribution >= 4 is 47.2 Å². The van der Waals surface area contributed by atoms with Crippen LogP contribution in [0.5, 0.6) is 0 Å². The third-order valence-electron chi connectivity index (χ3n) is 6.57. The zero-order valence-electron chi connectivity index (χ0n) is 20.3. The summed E-state index contributed by atoms with van der Waals surface area (Å²) in [5.41, 5.74) is 5.92. The van der Waals surface area contributed by atoms with Gasteiger partial charge in [-0.3, -0.25) is 9.79 Å². The number of rotatable bonds is 5. The number of benzene rings is 2. The molecule has 184 valence electrons. The SMILES string of the molecule is CN=C(NCc1cccc(NC(=O)C2CCCO2)c1)N1CCN(c2cccc(C)c2C)CC1.I. The molecule has 2 aliphatic rings. The van der Waals surface area contributed by atoms with Gasteiger partial charge in [0.1, 0.15) is 6.10 Å². The number of hydrogen-bond acceptors (Lipinski definition) is 4. The molecule has 0 aromatic heterocycles. The van der Waals surface area contributed by atoms with Gasteiger partial charge in [0.05, 0.1) is 0 Å². The molecular formula is C26H36IN5O2. The Hall–Kier alpha value is -2.33. The van der Waals surface area contributed by atoms with Crippen LogP contribution in [0, 0.1) is 13.8 Å². The van der Waals surface area contributed by atoms with Crippen LogP contribution < -0.4 is 15.5 Å². The van der Waals surface area contributed by atoms with E-state index < -0.39 is 0 Å². The van der Waals surface area contributed by atoms with Gasteiger partial charge in [0.15, 0.2) is 5.96 Å². The van der Waals surface area contributed by atoms with Crippen LogP contribution in [-0.4, -0.2) is 62.7 Å². The molecule has 2 N–H and O–H groups in total. The Labute approximate surface area is 220 Å². The van der Waals surface area contributed by atoms with Gasteiger partial charge >= 0.3 is 0 Å². The van der Waals surface area contributed by atoms with Gasteiger partial charge in [-0.1, -0.05) is 24.3 Å². The second-order valence-electron chi connectivity index (χ2n) is 8.79. The second-order valence-corrected chi connectivity index (χ2v) is 8.79. The number of ether oxygens (including phenoxy) is 1. The van der Waals surface area contributed by atoms with Gasteiger partial charge in [0, 0.05) is 57.8 Å². The number of amides is 1. The molecule has 1 amide bonds. The average molecular weight is 578 g/mol. The summed E-state index contributed by atoms with van der Waals surface area (Å²) >= 11 is 0. The van der Waals surface area contributed by atoms with Gasteiger partial charge in [-0.2, -0.15) is 0 Å². The summed E-state index contributed by atoms with van der Waals surface area (Å²) in [7, 11) is 1.83. The maximum Gasteiger partial charge on any atom is 0.253 e. The van der Waals surface area contributed by atoms with Crippen molar-refractivity contribution in [1.82, 2.24) is 10.2 Å². The molecule has 2 aromatic rings. The van der Waals surface area contributed by atoms with E-state index in [-0.39, 0.29) is 36.0 Å². The van der Waals surface area contributed by atoms with E-state index in [0.29, 0.717) is 13.2 Å². The first-order valence-corrected chi connectivity index (χ1v) is 11.8. The molecule has 0 bridgehead atoms. The summed E-state index contributed by atoms with van der Waals surface area (Å²) < 4.78 is 5.48. The van der Waals surface area contributed by atoms with Crippen molar-refractivity contribution in [1.29, 1.82) is 0 Å². The maximum atomic E-state index is 12.3. The highest BCUT2D eigenvalue weighted by Gasteiger charge is 2.24. The third-order valence-corrected chi connectivity index (χ3v) is 6.57. The van der Waals surface area contributed by atoms with Crippen LogP contribution in [0.15, 0.2) is 47.5 Å². The van der Waals surface area contributed by atoms with Crippen LogP contribution in [0.4, 0.5) is 11.4 Å². The van der Waals surface area contributed by atoms with Crippen molar-refractivity contribution in [3.8, 4) is 0 Å². The molecule has 34 heavy (non-hydrogen) atoms. The number of guanidine groups is 1. The second kappa shape index (κ2) is 12.4. The zero-order valence-corrected chi connectivity index (χ0v) is 22.7. The van der Waals surface area contributed by atoms with Crippen LogP contribution >= 0.6 is 24.0 Å². The van der Waals surface area contributed by atoms with Crippen LogP contribution in [0.3, 0.4) is 0 Å². The number of nitrogens with zero attached hydrogens (tertiary/aromatic N) is 3. The molecule has 1 atom stereocenters. The van der Waals surface area contributed by atoms with Gasteiger partial charge in [0.2, 0.25) is 0 Å². The predicted octanol–water partition coefficient (Wildman–Crippen LogP) is 3.94. The molecule has 0 aliphatic carbocycles. The summed E-state index contributed by atoms with van der Waals surface area (Å²) in [4.78, 5) is 21.6. The monoisotopic (exact) mass is 577 g/mol. The molecule has 2 aromatic carbocycles. The molecule has 8 heteroatoms. The van der Waals surface area contributed by atoms with Crippen LogP contribution in [0.1, 0.15) is 29.5 Å². The first kappa shape index (κ1) is 26.3. The number of hydrogen-bond donors (Lipinski definition) is 2. The van der Waals surface area contributed by atoms with Gasteiger partial charge < -0.3 is 25.2 Å². The van der Waals surface area contributed by atoms with Crippen LogP contribution in [-0.2, 0) is 16.1 Å². The molecule has 7 nitrogen and oxygen atoms in total. The lowest BCUT2D eigenvalue weighted by atomic mass is 10.1. The normalized spacial score (nSPS) is 18.4. The van der Waals surface area contributed by atoms with E-state index in [0.717, 1.165) is 56.2 Å². The summed E-state index contributed by atoms with van der Waals surface area (Å²) in [6.45, 7) is 9.47. The Morgan fingerprint density at radius 3 is 2.59 bits per heavy atom. The number of carbonyl (C=O) groups is 1. The fraction of sp³-hybridized carbons (Fsp3) is 0.462. The fourth-order valence-electron chi connectivity index (χ4n) is 4.52. The summed E-state index contributed by atoms with van der Waals surface area (Å²) in [6, 6.07) is 14.5. The Balaban J connectivity index is 0.00000324. The standard InChI is InChI=1S/C26H35N5O2.HI/c1-19-7-4-10-23(20(19)2)30-12-14-31(15-13-30)26(27-3)28-18-21-8-5-9-22(17-21)29-25(32)24-11-6-16-33-24;/h4-5,7-10,17,24H,6,11-16,18H2,1-3H3,(H,27,28)(H,29,32);1H. The maximum absolute atomic E-state index is 12.3. The van der Waals surface area contributed by atoms with Crippen molar-refractivity contribution in [3.63, 3.8) is 0 Å². The molecular weight excluding hydrogens is 541 g/mol. The fourth-order valence-corrected chi connectivity index (χ4v) is 4.52. The molecule has 4 rings (SSSR count). The third kappa shape index (κ3) is 6.41. The largest absolute Gasteiger partial charge is 0.368 e. The molecule has 0 spiro atoms.